The Balaban J connectivity index is 1.94. The summed E-state index contributed by atoms with van der Waals surface area (Å²) in [7, 11) is 0. The van der Waals surface area contributed by atoms with Crippen LogP contribution in [0.5, 0.6) is 0 Å². The average Bonchev–Trinajstić information content (AvgIpc) is 2.95. The van der Waals surface area contributed by atoms with Gasteiger partial charge in [0.05, 0.1) is 5.39 Å². The molecule has 4 heteroatoms. The summed E-state index contributed by atoms with van der Waals surface area (Å²) in [6.07, 6.45) is 1.64. The van der Waals surface area contributed by atoms with Crippen LogP contribution in [0.3, 0.4) is 0 Å². The third-order valence-electron chi connectivity index (χ3n) is 4.45. The third kappa shape index (κ3) is 2.79. The SMILES string of the molecule is Cc1cccc(C)c1Nc1ncnc2sc(C)c(-c3ccccc3)c12. The molecule has 0 aliphatic carbocycles. The fourth-order valence-corrected chi connectivity index (χ4v) is 4.23. The number of hydrogen-bond donors (Lipinski definition) is 1. The molecule has 2 heterocycles. The fraction of sp³-hybridized carbons (Fsp3) is 0.143. The van der Waals surface area contributed by atoms with Crippen molar-refractivity contribution >= 4 is 33.1 Å². The van der Waals surface area contributed by atoms with Gasteiger partial charge in [0.15, 0.2) is 0 Å². The predicted octanol–water partition coefficient (Wildman–Crippen LogP) is 6.03. The predicted molar refractivity (Wildman–Crippen MR) is 107 cm³/mol. The van der Waals surface area contributed by atoms with Crippen molar-refractivity contribution in [1.29, 1.82) is 0 Å². The zero-order valence-corrected chi connectivity index (χ0v) is 15.3. The van der Waals surface area contributed by atoms with Crippen molar-refractivity contribution in [1.82, 2.24) is 9.97 Å². The summed E-state index contributed by atoms with van der Waals surface area (Å²) in [6.45, 7) is 6.38. The molecular formula is C21H19N3S. The number of aryl methyl sites for hydroxylation is 3. The normalized spacial score (nSPS) is 11.0. The molecule has 0 atom stereocenters. The van der Waals surface area contributed by atoms with Crippen LogP contribution in [0.25, 0.3) is 21.3 Å². The van der Waals surface area contributed by atoms with Gasteiger partial charge in [-0.2, -0.15) is 0 Å². The van der Waals surface area contributed by atoms with E-state index in [1.807, 2.05) is 6.07 Å². The summed E-state index contributed by atoms with van der Waals surface area (Å²) in [5.74, 6) is 0.866. The number of nitrogens with zero attached hydrogens (tertiary/aromatic N) is 2. The number of para-hydroxylation sites is 1. The van der Waals surface area contributed by atoms with Gasteiger partial charge < -0.3 is 5.32 Å². The number of hydrogen-bond acceptors (Lipinski definition) is 4. The molecule has 3 nitrogen and oxygen atoms in total. The largest absolute Gasteiger partial charge is 0.339 e. The molecule has 0 aliphatic rings. The van der Waals surface area contributed by atoms with Crippen molar-refractivity contribution in [2.45, 2.75) is 20.8 Å². The number of anilines is 2. The van der Waals surface area contributed by atoms with Gasteiger partial charge >= 0.3 is 0 Å². The van der Waals surface area contributed by atoms with Crippen molar-refractivity contribution in [3.05, 3.63) is 70.9 Å². The first-order valence-electron chi connectivity index (χ1n) is 8.28. The lowest BCUT2D eigenvalue weighted by molar-refractivity contribution is 1.22. The molecule has 0 amide bonds. The molecule has 124 valence electrons. The topological polar surface area (TPSA) is 37.8 Å². The smallest absolute Gasteiger partial charge is 0.143 e. The maximum Gasteiger partial charge on any atom is 0.143 e. The van der Waals surface area contributed by atoms with Crippen molar-refractivity contribution < 1.29 is 0 Å². The minimum absolute atomic E-state index is 0.866. The van der Waals surface area contributed by atoms with Crippen LogP contribution in [0.2, 0.25) is 0 Å². The van der Waals surface area contributed by atoms with Gasteiger partial charge in [-0.15, -0.1) is 11.3 Å². The van der Waals surface area contributed by atoms with Crippen LogP contribution < -0.4 is 5.32 Å². The van der Waals surface area contributed by atoms with Crippen LogP contribution in [-0.2, 0) is 0 Å². The number of benzene rings is 2. The van der Waals surface area contributed by atoms with Crippen LogP contribution in [0.1, 0.15) is 16.0 Å². The molecule has 4 rings (SSSR count). The maximum atomic E-state index is 4.57. The molecule has 1 N–H and O–H groups in total. The van der Waals surface area contributed by atoms with E-state index in [9.17, 15) is 0 Å². The second-order valence-corrected chi connectivity index (χ2v) is 7.40. The van der Waals surface area contributed by atoms with Gasteiger partial charge in [0, 0.05) is 16.1 Å². The van der Waals surface area contributed by atoms with Gasteiger partial charge in [0.1, 0.15) is 17.0 Å². The molecule has 2 aromatic heterocycles. The second kappa shape index (κ2) is 6.30. The number of rotatable bonds is 3. The summed E-state index contributed by atoms with van der Waals surface area (Å²) in [5, 5.41) is 4.66. The third-order valence-corrected chi connectivity index (χ3v) is 5.46. The van der Waals surface area contributed by atoms with Crippen LogP contribution in [-0.4, -0.2) is 9.97 Å². The lowest BCUT2D eigenvalue weighted by Gasteiger charge is -2.13. The van der Waals surface area contributed by atoms with E-state index in [1.165, 1.54) is 27.1 Å². The lowest BCUT2D eigenvalue weighted by atomic mass is 10.0. The monoisotopic (exact) mass is 345 g/mol. The van der Waals surface area contributed by atoms with E-state index in [2.05, 4.69) is 78.5 Å². The van der Waals surface area contributed by atoms with Crippen molar-refractivity contribution in [3.63, 3.8) is 0 Å². The lowest BCUT2D eigenvalue weighted by Crippen LogP contribution is -1.99. The summed E-state index contributed by atoms with van der Waals surface area (Å²) in [4.78, 5) is 11.3. The number of thiophene rings is 1. The zero-order chi connectivity index (χ0) is 17.4. The molecule has 0 bridgehead atoms. The Morgan fingerprint density at radius 3 is 2.28 bits per heavy atom. The first-order valence-corrected chi connectivity index (χ1v) is 9.09. The Hall–Kier alpha value is -2.72. The van der Waals surface area contributed by atoms with E-state index >= 15 is 0 Å². The van der Waals surface area contributed by atoms with Gasteiger partial charge in [-0.3, -0.25) is 0 Å². The number of aromatic nitrogens is 2. The molecule has 0 fully saturated rings. The summed E-state index contributed by atoms with van der Waals surface area (Å²) in [6, 6.07) is 16.8. The van der Waals surface area contributed by atoms with Gasteiger partial charge in [-0.1, -0.05) is 48.5 Å². The van der Waals surface area contributed by atoms with Crippen LogP contribution >= 0.6 is 11.3 Å². The number of nitrogens with one attached hydrogen (secondary N) is 1. The second-order valence-electron chi connectivity index (χ2n) is 6.19. The molecule has 2 aromatic carbocycles. The fourth-order valence-electron chi connectivity index (χ4n) is 3.22. The zero-order valence-electron chi connectivity index (χ0n) is 14.5. The molecule has 0 aliphatic heterocycles. The van der Waals surface area contributed by atoms with Gasteiger partial charge in [0.2, 0.25) is 0 Å². The minimum atomic E-state index is 0.866. The molecule has 0 radical (unpaired) electrons. The Morgan fingerprint density at radius 1 is 0.840 bits per heavy atom. The van der Waals surface area contributed by atoms with Crippen molar-refractivity contribution in [3.8, 4) is 11.1 Å². The quantitative estimate of drug-likeness (QED) is 0.493. The molecule has 25 heavy (non-hydrogen) atoms. The molecule has 4 aromatic rings. The molecular weight excluding hydrogens is 326 g/mol. The van der Waals surface area contributed by atoms with Crippen molar-refractivity contribution in [2.24, 2.45) is 0 Å². The van der Waals surface area contributed by atoms with E-state index in [4.69, 9.17) is 0 Å². The number of fused-ring (bicyclic) bond motifs is 1. The van der Waals surface area contributed by atoms with E-state index in [0.717, 1.165) is 21.7 Å². The van der Waals surface area contributed by atoms with Crippen molar-refractivity contribution in [2.75, 3.05) is 5.32 Å². The van der Waals surface area contributed by atoms with E-state index in [1.54, 1.807) is 17.7 Å². The van der Waals surface area contributed by atoms with E-state index < -0.39 is 0 Å². The Bertz CT molecular complexity index is 1030. The molecule has 0 saturated heterocycles. The van der Waals surface area contributed by atoms with Gasteiger partial charge in [-0.05, 0) is 37.5 Å². The van der Waals surface area contributed by atoms with Gasteiger partial charge in [0.25, 0.3) is 0 Å². The molecule has 0 saturated carbocycles. The van der Waals surface area contributed by atoms with Gasteiger partial charge in [-0.25, -0.2) is 9.97 Å². The van der Waals surface area contributed by atoms with Crippen LogP contribution in [0.15, 0.2) is 54.9 Å². The highest BCUT2D eigenvalue weighted by molar-refractivity contribution is 7.19. The average molecular weight is 345 g/mol. The Labute approximate surface area is 151 Å². The van der Waals surface area contributed by atoms with Crippen LogP contribution in [0, 0.1) is 20.8 Å². The summed E-state index contributed by atoms with van der Waals surface area (Å²) >= 11 is 1.72. The first-order chi connectivity index (χ1) is 12.1. The first kappa shape index (κ1) is 15.8. The summed E-state index contributed by atoms with van der Waals surface area (Å²) in [5.41, 5.74) is 5.95. The molecule has 0 spiro atoms. The standard InChI is InChI=1S/C21H19N3S/c1-13-8-7-9-14(2)19(13)24-20-18-17(16-10-5-4-6-11-16)15(3)25-21(18)23-12-22-20/h4-12H,1-3H3,(H,22,23,24). The van der Waals surface area contributed by atoms with E-state index in [0.29, 0.717) is 0 Å². The minimum Gasteiger partial charge on any atom is -0.339 e. The highest BCUT2D eigenvalue weighted by Gasteiger charge is 2.17. The highest BCUT2D eigenvalue weighted by Crippen LogP contribution is 2.41. The molecule has 0 unspecified atom stereocenters. The summed E-state index contributed by atoms with van der Waals surface area (Å²) < 4.78 is 0. The maximum absolute atomic E-state index is 4.57. The Kier molecular flexibility index (Phi) is 3.98. The highest BCUT2D eigenvalue weighted by atomic mass is 32.1. The van der Waals surface area contributed by atoms with E-state index in [-0.39, 0.29) is 0 Å². The Morgan fingerprint density at radius 2 is 1.56 bits per heavy atom. The van der Waals surface area contributed by atoms with Crippen LogP contribution in [0.4, 0.5) is 11.5 Å².